The number of hydrogen-bond donors (Lipinski definition) is 1. The molecule has 0 aromatic heterocycles. The van der Waals surface area contributed by atoms with Gasteiger partial charge < -0.3 is 5.73 Å². The lowest BCUT2D eigenvalue weighted by atomic mass is 10.0. The van der Waals surface area contributed by atoms with Crippen LogP contribution >= 0.6 is 0 Å². The Hall–Kier alpha value is -2.50. The van der Waals surface area contributed by atoms with Gasteiger partial charge in [-0.2, -0.15) is 0 Å². The second kappa shape index (κ2) is 8.67. The summed E-state index contributed by atoms with van der Waals surface area (Å²) >= 11 is 0. The van der Waals surface area contributed by atoms with E-state index in [1.165, 1.54) is 12.1 Å². The van der Waals surface area contributed by atoms with Gasteiger partial charge in [-0.25, -0.2) is 12.8 Å². The van der Waals surface area contributed by atoms with Crippen LogP contribution in [0, 0.1) is 12.7 Å². The molecule has 0 spiro atoms. The van der Waals surface area contributed by atoms with Gasteiger partial charge in [0.1, 0.15) is 10.7 Å². The van der Waals surface area contributed by atoms with Crippen molar-refractivity contribution in [2.24, 2.45) is 5.73 Å². The van der Waals surface area contributed by atoms with Crippen LogP contribution in [0.3, 0.4) is 0 Å². The zero-order chi connectivity index (χ0) is 20.1. The highest BCUT2D eigenvalue weighted by atomic mass is 32.2. The van der Waals surface area contributed by atoms with Gasteiger partial charge in [0, 0.05) is 0 Å². The molecule has 3 rings (SSSR count). The summed E-state index contributed by atoms with van der Waals surface area (Å²) in [5.74, 6) is -0.965. The molecule has 0 aliphatic rings. The maximum atomic E-state index is 14.4. The minimum atomic E-state index is -3.82. The molecule has 146 valence electrons. The molecular formula is C23H24FNO2S. The van der Waals surface area contributed by atoms with Crippen LogP contribution in [0.15, 0.2) is 71.6 Å². The van der Waals surface area contributed by atoms with Crippen molar-refractivity contribution >= 4 is 9.84 Å². The molecular weight excluding hydrogens is 373 g/mol. The molecule has 0 fully saturated rings. The molecule has 28 heavy (non-hydrogen) atoms. The summed E-state index contributed by atoms with van der Waals surface area (Å²) in [4.78, 5) is -0.265. The Morgan fingerprint density at radius 3 is 2.36 bits per heavy atom. The quantitative estimate of drug-likeness (QED) is 0.630. The first-order valence-electron chi connectivity index (χ1n) is 9.26. The highest BCUT2D eigenvalue weighted by molar-refractivity contribution is 7.90. The second-order valence-corrected chi connectivity index (χ2v) is 8.94. The molecule has 3 nitrogen and oxygen atoms in total. The summed E-state index contributed by atoms with van der Waals surface area (Å²) in [5.41, 5.74) is 9.82. The molecule has 2 N–H and O–H groups in total. The monoisotopic (exact) mass is 397 g/mol. The van der Waals surface area contributed by atoms with Crippen molar-refractivity contribution in [3.8, 4) is 11.1 Å². The maximum absolute atomic E-state index is 14.4. The summed E-state index contributed by atoms with van der Waals surface area (Å²) in [6, 6.07) is 19.3. The predicted molar refractivity (Wildman–Crippen MR) is 111 cm³/mol. The molecule has 0 saturated carbocycles. The largest absolute Gasteiger partial charge is 0.330 e. The van der Waals surface area contributed by atoms with Gasteiger partial charge >= 0.3 is 0 Å². The van der Waals surface area contributed by atoms with Gasteiger partial charge in [-0.3, -0.25) is 0 Å². The Morgan fingerprint density at radius 2 is 1.61 bits per heavy atom. The van der Waals surface area contributed by atoms with Gasteiger partial charge in [-0.1, -0.05) is 60.2 Å². The van der Waals surface area contributed by atoms with Crippen molar-refractivity contribution in [2.45, 2.75) is 30.4 Å². The summed E-state index contributed by atoms with van der Waals surface area (Å²) in [7, 11) is -3.82. The summed E-state index contributed by atoms with van der Waals surface area (Å²) < 4.78 is 40.3. The Kier molecular flexibility index (Phi) is 6.27. The summed E-state index contributed by atoms with van der Waals surface area (Å²) in [6.07, 6.45) is 1.63. The molecule has 0 atom stereocenters. The molecule has 3 aromatic carbocycles. The van der Waals surface area contributed by atoms with Crippen LogP contribution in [-0.4, -0.2) is 15.0 Å². The number of halogens is 1. The van der Waals surface area contributed by atoms with Crippen molar-refractivity contribution in [3.63, 3.8) is 0 Å². The van der Waals surface area contributed by atoms with Crippen molar-refractivity contribution in [3.05, 3.63) is 89.2 Å². The normalized spacial score (nSPS) is 11.5. The summed E-state index contributed by atoms with van der Waals surface area (Å²) in [5, 5.41) is 0. The van der Waals surface area contributed by atoms with Crippen LogP contribution in [0.25, 0.3) is 11.1 Å². The van der Waals surface area contributed by atoms with Crippen molar-refractivity contribution in [2.75, 3.05) is 6.54 Å². The molecule has 5 heteroatoms. The van der Waals surface area contributed by atoms with Crippen LogP contribution in [0.4, 0.5) is 4.39 Å². The van der Waals surface area contributed by atoms with Gasteiger partial charge in [-0.15, -0.1) is 0 Å². The number of hydrogen-bond acceptors (Lipinski definition) is 3. The van der Waals surface area contributed by atoms with Gasteiger partial charge in [0.2, 0.25) is 0 Å². The van der Waals surface area contributed by atoms with E-state index >= 15 is 0 Å². The Morgan fingerprint density at radius 1 is 0.893 bits per heavy atom. The molecule has 0 aliphatic carbocycles. The van der Waals surface area contributed by atoms with Gasteiger partial charge in [-0.05, 0) is 60.7 Å². The Bertz CT molecular complexity index is 1080. The molecule has 0 unspecified atom stereocenters. The minimum Gasteiger partial charge on any atom is -0.330 e. The Labute approximate surface area is 166 Å². The SMILES string of the molecule is Cc1cccc(-c2ccc(F)c(S(=O)(=O)Cc3cccc(CCCN)c3)c2)c1. The van der Waals surface area contributed by atoms with E-state index in [9.17, 15) is 12.8 Å². The van der Waals surface area contributed by atoms with E-state index in [-0.39, 0.29) is 10.6 Å². The molecule has 3 aromatic rings. The van der Waals surface area contributed by atoms with E-state index in [0.29, 0.717) is 17.7 Å². The number of benzene rings is 3. The fourth-order valence-electron chi connectivity index (χ4n) is 3.22. The average molecular weight is 398 g/mol. The third kappa shape index (κ3) is 4.86. The first-order valence-corrected chi connectivity index (χ1v) is 10.9. The third-order valence-electron chi connectivity index (χ3n) is 4.64. The maximum Gasteiger partial charge on any atom is 0.185 e. The van der Waals surface area contributed by atoms with E-state index in [2.05, 4.69) is 0 Å². The summed E-state index contributed by atoms with van der Waals surface area (Å²) in [6.45, 7) is 2.54. The van der Waals surface area contributed by atoms with Gasteiger partial charge in [0.05, 0.1) is 5.75 Å². The predicted octanol–water partition coefficient (Wildman–Crippen LogP) is 4.67. The third-order valence-corrected chi connectivity index (χ3v) is 6.33. The molecule has 0 saturated heterocycles. The molecule has 0 radical (unpaired) electrons. The lowest BCUT2D eigenvalue weighted by Crippen LogP contribution is -2.08. The lowest BCUT2D eigenvalue weighted by Gasteiger charge is -2.10. The second-order valence-electron chi connectivity index (χ2n) is 6.99. The van der Waals surface area contributed by atoms with E-state index in [0.717, 1.165) is 29.5 Å². The van der Waals surface area contributed by atoms with Crippen LogP contribution in [0.5, 0.6) is 0 Å². The first kappa shape index (κ1) is 20.2. The standard InChI is InChI=1S/C23H24FNO2S/c1-17-5-2-9-20(13-17)21-10-11-22(24)23(15-21)28(26,27)16-19-7-3-6-18(14-19)8-4-12-25/h2-3,5-7,9-11,13-15H,4,8,12,16,25H2,1H3. The molecule has 0 bridgehead atoms. The fourth-order valence-corrected chi connectivity index (χ4v) is 4.67. The minimum absolute atomic E-state index is 0.238. The van der Waals surface area contributed by atoms with Crippen LogP contribution in [0.1, 0.15) is 23.1 Å². The Balaban J connectivity index is 1.92. The molecule has 0 heterocycles. The van der Waals surface area contributed by atoms with Crippen LogP contribution in [0.2, 0.25) is 0 Å². The first-order chi connectivity index (χ1) is 13.4. The fraction of sp³-hybridized carbons (Fsp3) is 0.217. The number of aryl methyl sites for hydroxylation is 2. The van der Waals surface area contributed by atoms with Crippen molar-refractivity contribution in [1.29, 1.82) is 0 Å². The highest BCUT2D eigenvalue weighted by Crippen LogP contribution is 2.27. The van der Waals surface area contributed by atoms with Crippen molar-refractivity contribution in [1.82, 2.24) is 0 Å². The topological polar surface area (TPSA) is 60.2 Å². The number of nitrogens with two attached hydrogens (primary N) is 1. The number of sulfone groups is 1. The van der Waals surface area contributed by atoms with Crippen LogP contribution < -0.4 is 5.73 Å². The van der Waals surface area contributed by atoms with Gasteiger partial charge in [0.25, 0.3) is 0 Å². The lowest BCUT2D eigenvalue weighted by molar-refractivity contribution is 0.566. The van der Waals surface area contributed by atoms with E-state index < -0.39 is 15.7 Å². The zero-order valence-electron chi connectivity index (χ0n) is 15.9. The highest BCUT2D eigenvalue weighted by Gasteiger charge is 2.21. The van der Waals surface area contributed by atoms with Crippen molar-refractivity contribution < 1.29 is 12.8 Å². The smallest absolute Gasteiger partial charge is 0.185 e. The van der Waals surface area contributed by atoms with Crippen LogP contribution in [-0.2, 0) is 22.0 Å². The van der Waals surface area contributed by atoms with E-state index in [1.54, 1.807) is 12.1 Å². The van der Waals surface area contributed by atoms with E-state index in [4.69, 9.17) is 5.73 Å². The molecule has 0 aliphatic heterocycles. The molecule has 0 amide bonds. The average Bonchev–Trinajstić information content (AvgIpc) is 2.66. The number of rotatable bonds is 7. The van der Waals surface area contributed by atoms with Gasteiger partial charge in [0.15, 0.2) is 9.84 Å². The van der Waals surface area contributed by atoms with E-state index in [1.807, 2.05) is 49.4 Å². The zero-order valence-corrected chi connectivity index (χ0v) is 16.7.